The fourth-order valence-electron chi connectivity index (χ4n) is 2.11. The first-order valence-electron chi connectivity index (χ1n) is 6.66. The molecule has 0 unspecified atom stereocenters. The highest BCUT2D eigenvalue weighted by molar-refractivity contribution is 14.0. The summed E-state index contributed by atoms with van der Waals surface area (Å²) in [6, 6.07) is 2.14. The van der Waals surface area contributed by atoms with Crippen molar-refractivity contribution in [2.75, 3.05) is 20.6 Å². The molecule has 114 valence electrons. The molecule has 1 N–H and O–H groups in total. The van der Waals surface area contributed by atoms with E-state index in [-0.39, 0.29) is 24.0 Å². The van der Waals surface area contributed by atoms with Gasteiger partial charge in [-0.25, -0.2) is 0 Å². The Morgan fingerprint density at radius 2 is 2.20 bits per heavy atom. The zero-order valence-corrected chi connectivity index (χ0v) is 16.5. The second-order valence-electron chi connectivity index (χ2n) is 5.83. The summed E-state index contributed by atoms with van der Waals surface area (Å²) in [7, 11) is 5.98. The predicted octanol–water partition coefficient (Wildman–Crippen LogP) is 3.21. The van der Waals surface area contributed by atoms with Crippen LogP contribution in [0.1, 0.15) is 25.5 Å². The lowest BCUT2D eigenvalue weighted by molar-refractivity contribution is 0.447. The van der Waals surface area contributed by atoms with E-state index in [1.165, 1.54) is 18.5 Å². The summed E-state index contributed by atoms with van der Waals surface area (Å²) in [5, 5.41) is 3.47. The van der Waals surface area contributed by atoms with Crippen LogP contribution in [0.4, 0.5) is 0 Å². The Kier molecular flexibility index (Phi) is 6.37. The van der Waals surface area contributed by atoms with Gasteiger partial charge in [0.05, 0.1) is 6.54 Å². The van der Waals surface area contributed by atoms with Crippen LogP contribution in [0.25, 0.3) is 0 Å². The van der Waals surface area contributed by atoms with Crippen LogP contribution >= 0.6 is 39.9 Å². The van der Waals surface area contributed by atoms with Crippen LogP contribution in [0.3, 0.4) is 0 Å². The molecule has 6 heteroatoms. The molecule has 1 aromatic heterocycles. The van der Waals surface area contributed by atoms with Crippen LogP contribution in [0.5, 0.6) is 0 Å². The van der Waals surface area contributed by atoms with Crippen LogP contribution in [0.15, 0.2) is 21.7 Å². The van der Waals surface area contributed by atoms with Gasteiger partial charge in [0.15, 0.2) is 5.96 Å². The summed E-state index contributed by atoms with van der Waals surface area (Å²) in [6.45, 7) is 4.18. The van der Waals surface area contributed by atoms with Crippen molar-refractivity contribution in [3.05, 3.63) is 22.4 Å². The Bertz CT molecular complexity index is 480. The fraction of sp³-hybridized carbons (Fsp3) is 0.643. The number of aliphatic imine (C=N–C) groups is 1. The molecule has 2 rings (SSSR count). The maximum Gasteiger partial charge on any atom is 0.193 e. The average Bonchev–Trinajstić information content (AvgIpc) is 2.98. The largest absolute Gasteiger partial charge is 0.356 e. The molecular formula is C14H24BrIN4. The van der Waals surface area contributed by atoms with E-state index in [2.05, 4.69) is 69.0 Å². The minimum atomic E-state index is 0. The first-order valence-corrected chi connectivity index (χ1v) is 7.45. The smallest absolute Gasteiger partial charge is 0.193 e. The molecule has 1 saturated carbocycles. The topological polar surface area (TPSA) is 32.6 Å². The predicted molar refractivity (Wildman–Crippen MR) is 98.7 cm³/mol. The molecule has 0 spiro atoms. The summed E-state index contributed by atoms with van der Waals surface area (Å²) in [6.07, 6.45) is 4.72. The van der Waals surface area contributed by atoms with E-state index >= 15 is 0 Å². The molecule has 0 amide bonds. The van der Waals surface area contributed by atoms with Crippen molar-refractivity contribution in [1.29, 1.82) is 0 Å². The number of halogens is 2. The van der Waals surface area contributed by atoms with Crippen molar-refractivity contribution in [1.82, 2.24) is 14.8 Å². The molecule has 0 aliphatic heterocycles. The van der Waals surface area contributed by atoms with E-state index in [9.17, 15) is 0 Å². The van der Waals surface area contributed by atoms with E-state index in [4.69, 9.17) is 0 Å². The second kappa shape index (κ2) is 7.15. The van der Waals surface area contributed by atoms with E-state index in [0.717, 1.165) is 23.5 Å². The Hall–Kier alpha value is -0.240. The molecule has 0 radical (unpaired) electrons. The van der Waals surface area contributed by atoms with Gasteiger partial charge in [0.2, 0.25) is 0 Å². The van der Waals surface area contributed by atoms with Crippen LogP contribution in [0.2, 0.25) is 0 Å². The summed E-state index contributed by atoms with van der Waals surface area (Å²) < 4.78 is 3.25. The van der Waals surface area contributed by atoms with E-state index < -0.39 is 0 Å². The lowest BCUT2D eigenvalue weighted by Gasteiger charge is -2.23. The van der Waals surface area contributed by atoms with E-state index in [1.54, 1.807) is 0 Å². The Morgan fingerprint density at radius 3 is 2.65 bits per heavy atom. The van der Waals surface area contributed by atoms with Gasteiger partial charge in [0.1, 0.15) is 0 Å². The maximum absolute atomic E-state index is 4.36. The van der Waals surface area contributed by atoms with Crippen molar-refractivity contribution >= 4 is 45.9 Å². The number of guanidine groups is 1. The quantitative estimate of drug-likeness (QED) is 0.430. The first-order chi connectivity index (χ1) is 8.93. The zero-order chi connectivity index (χ0) is 14.0. The van der Waals surface area contributed by atoms with Gasteiger partial charge in [0.25, 0.3) is 0 Å². The lowest BCUT2D eigenvalue weighted by atomic mass is 10.1. The molecule has 1 aliphatic carbocycles. The van der Waals surface area contributed by atoms with Gasteiger partial charge in [-0.05, 0) is 40.3 Å². The van der Waals surface area contributed by atoms with Gasteiger partial charge < -0.3 is 14.8 Å². The van der Waals surface area contributed by atoms with Crippen molar-refractivity contribution in [2.24, 2.45) is 17.5 Å². The molecule has 1 heterocycles. The number of hydrogen-bond acceptors (Lipinski definition) is 1. The van der Waals surface area contributed by atoms with Crippen LogP contribution in [-0.4, -0.2) is 36.1 Å². The molecule has 0 atom stereocenters. The molecule has 0 saturated heterocycles. The Labute approximate surface area is 147 Å². The van der Waals surface area contributed by atoms with Crippen LogP contribution < -0.4 is 5.32 Å². The SMILES string of the molecule is CN=C(NCC1(C)CC1)N(C)Cc1cc(Br)cn1C.I. The molecular weight excluding hydrogens is 431 g/mol. The third-order valence-corrected chi connectivity index (χ3v) is 4.26. The number of aryl methyl sites for hydroxylation is 1. The number of aromatic nitrogens is 1. The molecule has 4 nitrogen and oxygen atoms in total. The summed E-state index contributed by atoms with van der Waals surface area (Å²) >= 11 is 3.51. The van der Waals surface area contributed by atoms with Gasteiger partial charge in [-0.1, -0.05) is 6.92 Å². The normalized spacial score (nSPS) is 16.6. The zero-order valence-electron chi connectivity index (χ0n) is 12.6. The highest BCUT2D eigenvalue weighted by Gasteiger charge is 2.37. The Balaban J connectivity index is 0.00000200. The van der Waals surface area contributed by atoms with Crippen molar-refractivity contribution in [3.8, 4) is 0 Å². The summed E-state index contributed by atoms with van der Waals surface area (Å²) in [4.78, 5) is 6.52. The number of rotatable bonds is 4. The summed E-state index contributed by atoms with van der Waals surface area (Å²) in [5.41, 5.74) is 1.75. The number of hydrogen-bond donors (Lipinski definition) is 1. The minimum Gasteiger partial charge on any atom is -0.356 e. The average molecular weight is 455 g/mol. The van der Waals surface area contributed by atoms with Gasteiger partial charge in [-0.15, -0.1) is 24.0 Å². The molecule has 1 aromatic rings. The molecule has 0 aromatic carbocycles. The highest BCUT2D eigenvalue weighted by atomic mass is 127. The maximum atomic E-state index is 4.36. The van der Waals surface area contributed by atoms with Crippen molar-refractivity contribution < 1.29 is 0 Å². The summed E-state index contributed by atoms with van der Waals surface area (Å²) in [5.74, 6) is 0.963. The number of nitrogens with zero attached hydrogens (tertiary/aromatic N) is 3. The third-order valence-electron chi connectivity index (χ3n) is 3.82. The van der Waals surface area contributed by atoms with Crippen LogP contribution in [0, 0.1) is 5.41 Å². The van der Waals surface area contributed by atoms with Crippen LogP contribution in [-0.2, 0) is 13.6 Å². The second-order valence-corrected chi connectivity index (χ2v) is 6.74. The number of nitrogens with one attached hydrogen (secondary N) is 1. The van der Waals surface area contributed by atoms with Gasteiger partial charge in [-0.2, -0.15) is 0 Å². The molecule has 20 heavy (non-hydrogen) atoms. The third kappa shape index (κ3) is 4.65. The van der Waals surface area contributed by atoms with E-state index in [0.29, 0.717) is 5.41 Å². The van der Waals surface area contributed by atoms with Crippen molar-refractivity contribution in [3.63, 3.8) is 0 Å². The minimum absolute atomic E-state index is 0. The highest BCUT2D eigenvalue weighted by Crippen LogP contribution is 2.44. The standard InChI is InChI=1S/C14H23BrN4.HI/c1-14(5-6-14)10-17-13(16-2)19(4)9-12-7-11(15)8-18(12)3;/h7-8H,5-6,9-10H2,1-4H3,(H,16,17);1H. The van der Waals surface area contributed by atoms with Gasteiger partial charge in [0, 0.05) is 44.1 Å². The van der Waals surface area contributed by atoms with Gasteiger partial charge in [-0.3, -0.25) is 4.99 Å². The fourth-order valence-corrected chi connectivity index (χ4v) is 2.68. The molecule has 0 bridgehead atoms. The molecule has 1 aliphatic rings. The monoisotopic (exact) mass is 454 g/mol. The van der Waals surface area contributed by atoms with Gasteiger partial charge >= 0.3 is 0 Å². The van der Waals surface area contributed by atoms with Crippen molar-refractivity contribution in [2.45, 2.75) is 26.3 Å². The lowest BCUT2D eigenvalue weighted by Crippen LogP contribution is -2.41. The Morgan fingerprint density at radius 1 is 1.55 bits per heavy atom. The molecule has 1 fully saturated rings. The first kappa shape index (κ1) is 17.8. The van der Waals surface area contributed by atoms with E-state index in [1.807, 2.05) is 7.05 Å².